The molecular formula is C36H70O5. The van der Waals surface area contributed by atoms with Gasteiger partial charge in [0.1, 0.15) is 19.3 Å². The quantitative estimate of drug-likeness (QED) is 0.0631. The molecule has 0 saturated heterocycles. The molecule has 1 N–H and O–H groups in total. The van der Waals surface area contributed by atoms with Gasteiger partial charge in [-0.1, -0.05) is 168 Å². The molecule has 0 aromatic carbocycles. The largest absolute Gasteiger partial charge is 0.463 e. The summed E-state index contributed by atoms with van der Waals surface area (Å²) in [6, 6.07) is 0. The summed E-state index contributed by atoms with van der Waals surface area (Å²) in [5.41, 5.74) is 0. The van der Waals surface area contributed by atoms with Crippen molar-refractivity contribution in [1.29, 1.82) is 0 Å². The second-order valence-electron chi connectivity index (χ2n) is 12.8. The van der Waals surface area contributed by atoms with Crippen LogP contribution in [0.3, 0.4) is 0 Å². The van der Waals surface area contributed by atoms with Crippen LogP contribution in [0.4, 0.5) is 0 Å². The number of carbonyl (C=O) groups is 2. The summed E-state index contributed by atoms with van der Waals surface area (Å²) in [5, 5.41) is 9.95. The monoisotopic (exact) mass is 583 g/mol. The maximum Gasteiger partial charge on any atom is 0.305 e. The van der Waals surface area contributed by atoms with E-state index in [0.29, 0.717) is 12.8 Å². The van der Waals surface area contributed by atoms with Crippen molar-refractivity contribution in [3.63, 3.8) is 0 Å². The van der Waals surface area contributed by atoms with E-state index < -0.39 is 6.10 Å². The first-order valence-corrected chi connectivity index (χ1v) is 17.9. The summed E-state index contributed by atoms with van der Waals surface area (Å²) in [4.78, 5) is 23.8. The average Bonchev–Trinajstić information content (AvgIpc) is 2.95. The molecule has 0 unspecified atom stereocenters. The Morgan fingerprint density at radius 1 is 0.488 bits per heavy atom. The van der Waals surface area contributed by atoms with Gasteiger partial charge >= 0.3 is 11.9 Å². The summed E-state index contributed by atoms with van der Waals surface area (Å²) >= 11 is 0. The maximum absolute atomic E-state index is 11.9. The first-order chi connectivity index (χ1) is 20.0. The highest BCUT2D eigenvalue weighted by atomic mass is 16.6. The fourth-order valence-corrected chi connectivity index (χ4v) is 5.27. The third-order valence-corrected chi connectivity index (χ3v) is 8.02. The molecule has 0 radical (unpaired) electrons. The minimum absolute atomic E-state index is 0.109. The first kappa shape index (κ1) is 39.9. The lowest BCUT2D eigenvalue weighted by Gasteiger charge is -2.12. The molecule has 0 aromatic rings. The van der Waals surface area contributed by atoms with E-state index in [-0.39, 0.29) is 25.2 Å². The second kappa shape index (κ2) is 31.8. The topological polar surface area (TPSA) is 72.8 Å². The Bertz CT molecular complexity index is 562. The molecule has 0 aromatic heterocycles. The lowest BCUT2D eigenvalue weighted by atomic mass is 10.0. The molecule has 0 aliphatic rings. The standard InChI is InChI=1S/C36H70O5/c1-4-5-6-7-8-16-20-23-26-29-35(38)40-31-34(37)32-41-36(39)30-27-24-21-18-15-13-11-9-10-12-14-17-19-22-25-28-33(2)3/h33-34,37H,4-32H2,1-3H3/t34-/m0/s1. The van der Waals surface area contributed by atoms with Crippen molar-refractivity contribution in [1.82, 2.24) is 0 Å². The molecule has 0 amide bonds. The molecule has 0 aliphatic carbocycles. The van der Waals surface area contributed by atoms with E-state index in [1.807, 2.05) is 0 Å². The Balaban J connectivity index is 3.37. The van der Waals surface area contributed by atoms with Crippen LogP contribution in [0.25, 0.3) is 0 Å². The highest BCUT2D eigenvalue weighted by Crippen LogP contribution is 2.15. The average molecular weight is 583 g/mol. The highest BCUT2D eigenvalue weighted by Gasteiger charge is 2.12. The maximum atomic E-state index is 11.9. The molecule has 0 aliphatic heterocycles. The fraction of sp³-hybridized carbons (Fsp3) is 0.944. The van der Waals surface area contributed by atoms with Gasteiger partial charge in [0.2, 0.25) is 0 Å². The SMILES string of the molecule is CCCCCCCCCCCC(=O)OC[C@H](O)COC(=O)CCCCCCCCCCCCCCCCCC(C)C. The predicted octanol–water partition coefficient (Wildman–Crippen LogP) is 10.6. The molecule has 0 bridgehead atoms. The number of hydrogen-bond acceptors (Lipinski definition) is 5. The van der Waals surface area contributed by atoms with Crippen molar-refractivity contribution in [3.05, 3.63) is 0 Å². The number of aliphatic hydroxyl groups excluding tert-OH is 1. The Hall–Kier alpha value is -1.10. The summed E-state index contributed by atoms with van der Waals surface area (Å²) < 4.78 is 10.3. The number of carbonyl (C=O) groups excluding carboxylic acids is 2. The van der Waals surface area contributed by atoms with Gasteiger partial charge in [-0.15, -0.1) is 0 Å². The molecule has 0 spiro atoms. The van der Waals surface area contributed by atoms with Gasteiger partial charge in [0.05, 0.1) is 0 Å². The van der Waals surface area contributed by atoms with Crippen LogP contribution in [0, 0.1) is 5.92 Å². The van der Waals surface area contributed by atoms with E-state index in [0.717, 1.165) is 38.0 Å². The summed E-state index contributed by atoms with van der Waals surface area (Å²) in [5.74, 6) is 0.298. The minimum Gasteiger partial charge on any atom is -0.463 e. The molecule has 1 atom stereocenters. The normalized spacial score (nSPS) is 12.1. The number of esters is 2. The van der Waals surface area contributed by atoms with Crippen LogP contribution in [0.1, 0.15) is 194 Å². The number of aliphatic hydroxyl groups is 1. The number of hydrogen-bond donors (Lipinski definition) is 1. The van der Waals surface area contributed by atoms with Crippen molar-refractivity contribution < 1.29 is 24.2 Å². The van der Waals surface area contributed by atoms with Crippen molar-refractivity contribution in [2.45, 2.75) is 200 Å². The molecule has 0 fully saturated rings. The smallest absolute Gasteiger partial charge is 0.305 e. The van der Waals surface area contributed by atoms with Gasteiger partial charge in [0.25, 0.3) is 0 Å². The number of rotatable bonds is 32. The molecule has 5 heteroatoms. The lowest BCUT2D eigenvalue weighted by Crippen LogP contribution is -2.25. The molecular weight excluding hydrogens is 512 g/mol. The first-order valence-electron chi connectivity index (χ1n) is 17.9. The van der Waals surface area contributed by atoms with Crippen LogP contribution >= 0.6 is 0 Å². The van der Waals surface area contributed by atoms with Gasteiger partial charge in [-0.2, -0.15) is 0 Å². The Morgan fingerprint density at radius 3 is 1.10 bits per heavy atom. The van der Waals surface area contributed by atoms with E-state index in [4.69, 9.17) is 9.47 Å². The summed E-state index contributed by atoms with van der Waals surface area (Å²) in [6.45, 7) is 6.65. The predicted molar refractivity (Wildman–Crippen MR) is 173 cm³/mol. The molecule has 0 heterocycles. The van der Waals surface area contributed by atoms with E-state index in [1.54, 1.807) is 0 Å². The van der Waals surface area contributed by atoms with E-state index in [1.165, 1.54) is 128 Å². The number of ether oxygens (including phenoxy) is 2. The van der Waals surface area contributed by atoms with Crippen molar-refractivity contribution in [2.24, 2.45) is 5.92 Å². The van der Waals surface area contributed by atoms with Crippen LogP contribution in [-0.4, -0.2) is 36.4 Å². The van der Waals surface area contributed by atoms with E-state index >= 15 is 0 Å². The Labute approximate surface area is 255 Å². The minimum atomic E-state index is -0.953. The highest BCUT2D eigenvalue weighted by molar-refractivity contribution is 5.69. The Kier molecular flexibility index (Phi) is 31.0. The van der Waals surface area contributed by atoms with Crippen molar-refractivity contribution >= 4 is 11.9 Å². The third kappa shape index (κ3) is 33.3. The Morgan fingerprint density at radius 2 is 0.780 bits per heavy atom. The third-order valence-electron chi connectivity index (χ3n) is 8.02. The molecule has 0 rings (SSSR count). The zero-order valence-electron chi connectivity index (χ0n) is 27.7. The van der Waals surface area contributed by atoms with E-state index in [2.05, 4.69) is 20.8 Å². The zero-order valence-corrected chi connectivity index (χ0v) is 27.7. The van der Waals surface area contributed by atoms with Gasteiger partial charge < -0.3 is 14.6 Å². The fourth-order valence-electron chi connectivity index (χ4n) is 5.27. The lowest BCUT2D eigenvalue weighted by molar-refractivity contribution is -0.152. The zero-order chi connectivity index (χ0) is 30.2. The van der Waals surface area contributed by atoms with Crippen LogP contribution in [0.2, 0.25) is 0 Å². The van der Waals surface area contributed by atoms with E-state index in [9.17, 15) is 14.7 Å². The molecule has 5 nitrogen and oxygen atoms in total. The van der Waals surface area contributed by atoms with Crippen LogP contribution < -0.4 is 0 Å². The van der Waals surface area contributed by atoms with Gasteiger partial charge in [0.15, 0.2) is 0 Å². The number of unbranched alkanes of at least 4 members (excludes halogenated alkanes) is 22. The van der Waals surface area contributed by atoms with Gasteiger partial charge in [0, 0.05) is 12.8 Å². The molecule has 41 heavy (non-hydrogen) atoms. The van der Waals surface area contributed by atoms with Crippen molar-refractivity contribution in [2.75, 3.05) is 13.2 Å². The van der Waals surface area contributed by atoms with Crippen LogP contribution in [0.15, 0.2) is 0 Å². The second-order valence-corrected chi connectivity index (χ2v) is 12.8. The molecule has 244 valence electrons. The van der Waals surface area contributed by atoms with Gasteiger partial charge in [-0.25, -0.2) is 0 Å². The summed E-state index contributed by atoms with van der Waals surface area (Å²) in [6.07, 6.45) is 31.6. The summed E-state index contributed by atoms with van der Waals surface area (Å²) in [7, 11) is 0. The van der Waals surface area contributed by atoms with Crippen molar-refractivity contribution in [3.8, 4) is 0 Å². The van der Waals surface area contributed by atoms with Gasteiger partial charge in [-0.05, 0) is 18.8 Å². The van der Waals surface area contributed by atoms with Crippen LogP contribution in [0.5, 0.6) is 0 Å². The van der Waals surface area contributed by atoms with Gasteiger partial charge in [-0.3, -0.25) is 9.59 Å². The van der Waals surface area contributed by atoms with Crippen LogP contribution in [-0.2, 0) is 19.1 Å². The molecule has 0 saturated carbocycles.